The second kappa shape index (κ2) is 6.20. The van der Waals surface area contributed by atoms with Crippen LogP contribution in [0.25, 0.3) is 0 Å². The van der Waals surface area contributed by atoms with Crippen LogP contribution in [0.4, 0.5) is 13.2 Å². The van der Waals surface area contributed by atoms with Crippen molar-refractivity contribution in [2.75, 3.05) is 27.2 Å². The number of nitrogens with one attached hydrogen (secondary N) is 1. The molecule has 102 valence electrons. The Balaban J connectivity index is 4.02. The molecule has 0 saturated carbocycles. The van der Waals surface area contributed by atoms with E-state index >= 15 is 0 Å². The average Bonchev–Trinajstić information content (AvgIpc) is 2.14. The fraction of sp³-hybridized carbons (Fsp3) is 0.900. The van der Waals surface area contributed by atoms with E-state index in [0.29, 0.717) is 12.8 Å². The normalized spacial score (nSPS) is 15.9. The van der Waals surface area contributed by atoms with Crippen molar-refractivity contribution in [3.8, 4) is 0 Å². The number of nitrogens with two attached hydrogens (primary N) is 1. The highest BCUT2D eigenvalue weighted by Gasteiger charge is 2.30. The predicted octanol–water partition coefficient (Wildman–Crippen LogP) is 0.724. The molecule has 1 atom stereocenters. The molecule has 0 aliphatic rings. The number of nitrogens with zero attached hydrogens (tertiary/aromatic N) is 1. The van der Waals surface area contributed by atoms with Gasteiger partial charge in [0.1, 0.15) is 0 Å². The van der Waals surface area contributed by atoms with E-state index in [2.05, 4.69) is 5.32 Å². The summed E-state index contributed by atoms with van der Waals surface area (Å²) < 4.78 is 36.1. The van der Waals surface area contributed by atoms with E-state index < -0.39 is 24.2 Å². The monoisotopic (exact) mass is 255 g/mol. The molecule has 3 N–H and O–H groups in total. The SMILES string of the molecule is CNC(C)(CCCN(C)CC(F)(F)F)C(N)=O. The summed E-state index contributed by atoms with van der Waals surface area (Å²) in [6.07, 6.45) is -3.32. The average molecular weight is 255 g/mol. The van der Waals surface area contributed by atoms with Crippen LogP contribution in [0.1, 0.15) is 19.8 Å². The van der Waals surface area contributed by atoms with E-state index in [1.54, 1.807) is 14.0 Å². The van der Waals surface area contributed by atoms with Gasteiger partial charge < -0.3 is 11.1 Å². The van der Waals surface area contributed by atoms with Gasteiger partial charge in [-0.3, -0.25) is 9.69 Å². The van der Waals surface area contributed by atoms with Crippen molar-refractivity contribution in [2.45, 2.75) is 31.5 Å². The number of carbonyl (C=O) groups excluding carboxylic acids is 1. The van der Waals surface area contributed by atoms with Gasteiger partial charge >= 0.3 is 6.18 Å². The lowest BCUT2D eigenvalue weighted by molar-refractivity contribution is -0.143. The maximum Gasteiger partial charge on any atom is 0.401 e. The van der Waals surface area contributed by atoms with Gasteiger partial charge in [-0.25, -0.2) is 0 Å². The second-order valence-corrected chi connectivity index (χ2v) is 4.40. The molecular formula is C10H20F3N3O. The summed E-state index contributed by atoms with van der Waals surface area (Å²) in [7, 11) is 3.00. The Kier molecular flexibility index (Phi) is 5.91. The van der Waals surface area contributed by atoms with Crippen molar-refractivity contribution in [3.63, 3.8) is 0 Å². The summed E-state index contributed by atoms with van der Waals surface area (Å²) >= 11 is 0. The van der Waals surface area contributed by atoms with Crippen LogP contribution in [0.5, 0.6) is 0 Å². The summed E-state index contributed by atoms with van der Waals surface area (Å²) in [4.78, 5) is 12.3. The van der Waals surface area contributed by atoms with Crippen LogP contribution in [-0.2, 0) is 4.79 Å². The molecule has 0 spiro atoms. The number of rotatable bonds is 7. The fourth-order valence-corrected chi connectivity index (χ4v) is 1.46. The quantitative estimate of drug-likeness (QED) is 0.705. The van der Waals surface area contributed by atoms with Gasteiger partial charge in [-0.1, -0.05) is 0 Å². The molecule has 0 aromatic rings. The van der Waals surface area contributed by atoms with Gasteiger partial charge in [0.25, 0.3) is 0 Å². The molecule has 0 aromatic heterocycles. The Morgan fingerprint density at radius 3 is 2.29 bits per heavy atom. The van der Waals surface area contributed by atoms with Gasteiger partial charge in [0, 0.05) is 0 Å². The van der Waals surface area contributed by atoms with Crippen LogP contribution in [0, 0.1) is 0 Å². The molecule has 0 radical (unpaired) electrons. The van der Waals surface area contributed by atoms with Gasteiger partial charge in [0.05, 0.1) is 12.1 Å². The second-order valence-electron chi connectivity index (χ2n) is 4.40. The summed E-state index contributed by atoms with van der Waals surface area (Å²) in [5, 5.41) is 2.78. The van der Waals surface area contributed by atoms with Crippen LogP contribution in [0.3, 0.4) is 0 Å². The first kappa shape index (κ1) is 16.2. The maximum atomic E-state index is 12.0. The third-order valence-corrected chi connectivity index (χ3v) is 2.76. The lowest BCUT2D eigenvalue weighted by Crippen LogP contribution is -2.51. The lowest BCUT2D eigenvalue weighted by atomic mass is 9.95. The molecule has 4 nitrogen and oxygen atoms in total. The number of alkyl halides is 3. The number of halogens is 3. The molecule has 0 aliphatic carbocycles. The maximum absolute atomic E-state index is 12.0. The molecule has 0 rings (SSSR count). The van der Waals surface area contributed by atoms with E-state index in [-0.39, 0.29) is 6.54 Å². The Labute approximate surface area is 99.3 Å². The fourth-order valence-electron chi connectivity index (χ4n) is 1.46. The van der Waals surface area contributed by atoms with Crippen LogP contribution >= 0.6 is 0 Å². The minimum absolute atomic E-state index is 0.268. The van der Waals surface area contributed by atoms with Gasteiger partial charge in [-0.05, 0) is 40.4 Å². The van der Waals surface area contributed by atoms with Crippen molar-refractivity contribution < 1.29 is 18.0 Å². The molecule has 17 heavy (non-hydrogen) atoms. The van der Waals surface area contributed by atoms with E-state index in [1.807, 2.05) is 0 Å². The summed E-state index contributed by atoms with van der Waals surface area (Å²) in [5.41, 5.74) is 4.34. The summed E-state index contributed by atoms with van der Waals surface area (Å²) in [6, 6.07) is 0. The first-order valence-corrected chi connectivity index (χ1v) is 5.35. The van der Waals surface area contributed by atoms with E-state index in [4.69, 9.17) is 5.73 Å². The Hall–Kier alpha value is -0.820. The molecule has 0 heterocycles. The Morgan fingerprint density at radius 2 is 1.94 bits per heavy atom. The summed E-state index contributed by atoms with van der Waals surface area (Å²) in [6.45, 7) is 0.961. The highest BCUT2D eigenvalue weighted by Crippen LogP contribution is 2.17. The first-order valence-electron chi connectivity index (χ1n) is 5.35. The molecule has 0 aromatic carbocycles. The van der Waals surface area contributed by atoms with Crippen molar-refractivity contribution >= 4 is 5.91 Å². The number of hydrogen-bond donors (Lipinski definition) is 2. The van der Waals surface area contributed by atoms with Gasteiger partial charge in [-0.2, -0.15) is 13.2 Å². The highest BCUT2D eigenvalue weighted by atomic mass is 19.4. The van der Waals surface area contributed by atoms with Crippen molar-refractivity contribution in [1.29, 1.82) is 0 Å². The number of carbonyl (C=O) groups is 1. The largest absolute Gasteiger partial charge is 0.401 e. The molecule has 0 bridgehead atoms. The molecular weight excluding hydrogens is 235 g/mol. The van der Waals surface area contributed by atoms with Gasteiger partial charge in [0.15, 0.2) is 0 Å². The molecule has 0 saturated heterocycles. The van der Waals surface area contributed by atoms with Crippen LogP contribution in [0.2, 0.25) is 0 Å². The smallest absolute Gasteiger partial charge is 0.368 e. The van der Waals surface area contributed by atoms with E-state index in [9.17, 15) is 18.0 Å². The zero-order valence-electron chi connectivity index (χ0n) is 10.4. The van der Waals surface area contributed by atoms with Gasteiger partial charge in [0.2, 0.25) is 5.91 Å². The van der Waals surface area contributed by atoms with Gasteiger partial charge in [-0.15, -0.1) is 0 Å². The zero-order valence-corrected chi connectivity index (χ0v) is 10.4. The molecule has 1 amide bonds. The first-order chi connectivity index (χ1) is 7.60. The molecule has 7 heteroatoms. The van der Waals surface area contributed by atoms with Crippen LogP contribution < -0.4 is 11.1 Å². The minimum Gasteiger partial charge on any atom is -0.368 e. The lowest BCUT2D eigenvalue weighted by Gasteiger charge is -2.26. The number of likely N-dealkylation sites (N-methyl/N-ethyl adjacent to an activating group) is 1. The number of hydrogen-bond acceptors (Lipinski definition) is 3. The Morgan fingerprint density at radius 1 is 1.41 bits per heavy atom. The van der Waals surface area contributed by atoms with Crippen molar-refractivity contribution in [3.05, 3.63) is 0 Å². The molecule has 0 fully saturated rings. The van der Waals surface area contributed by atoms with Crippen LogP contribution in [-0.4, -0.2) is 49.7 Å². The summed E-state index contributed by atoms with van der Waals surface area (Å²) in [5.74, 6) is -0.501. The number of primary amides is 1. The Bertz CT molecular complexity index is 258. The van der Waals surface area contributed by atoms with Crippen molar-refractivity contribution in [1.82, 2.24) is 10.2 Å². The van der Waals surface area contributed by atoms with Crippen LogP contribution in [0.15, 0.2) is 0 Å². The molecule has 0 aliphatic heterocycles. The topological polar surface area (TPSA) is 58.4 Å². The highest BCUT2D eigenvalue weighted by molar-refractivity contribution is 5.84. The zero-order chi connectivity index (χ0) is 13.7. The van der Waals surface area contributed by atoms with Crippen molar-refractivity contribution in [2.24, 2.45) is 5.73 Å². The predicted molar refractivity (Wildman–Crippen MR) is 59.4 cm³/mol. The third kappa shape index (κ3) is 6.48. The molecule has 1 unspecified atom stereocenters. The third-order valence-electron chi connectivity index (χ3n) is 2.76. The standard InChI is InChI=1S/C10H20F3N3O/c1-9(15-2,8(14)17)5-4-6-16(3)7-10(11,12)13/h15H,4-7H2,1-3H3,(H2,14,17). The van der Waals surface area contributed by atoms with E-state index in [1.165, 1.54) is 11.9 Å². The number of amides is 1. The van der Waals surface area contributed by atoms with E-state index in [0.717, 1.165) is 0 Å². The minimum atomic E-state index is -4.19.